The number of halogens is 1. The van der Waals surface area contributed by atoms with E-state index in [-0.39, 0.29) is 8.41 Å². The van der Waals surface area contributed by atoms with Gasteiger partial charge in [-0.1, -0.05) is 34.1 Å². The van der Waals surface area contributed by atoms with E-state index >= 15 is 0 Å². The Kier molecular flexibility index (Phi) is 3.62. The van der Waals surface area contributed by atoms with E-state index in [1.165, 1.54) is 0 Å². The zero-order valence-corrected chi connectivity index (χ0v) is 5.35. The monoisotopic (exact) mass is 170 g/mol. The lowest BCUT2D eigenvalue weighted by Gasteiger charge is -1.80. The molecular formula is C6H8BBr. The fourth-order valence-corrected chi connectivity index (χ4v) is 0.720. The van der Waals surface area contributed by atoms with Crippen LogP contribution in [-0.2, 0) is 0 Å². The first-order valence-electron chi connectivity index (χ1n) is 2.10. The molecular weight excluding hydrogens is 163 g/mol. The third-order valence-corrected chi connectivity index (χ3v) is 1.26. The lowest BCUT2D eigenvalue weighted by molar-refractivity contribution is 1.66. The summed E-state index contributed by atoms with van der Waals surface area (Å²) in [6, 6.07) is 9.97. The minimum Gasteiger partial charge on any atom is -0.0622 e. The van der Waals surface area contributed by atoms with Crippen LogP contribution in [0.25, 0.3) is 0 Å². The third kappa shape index (κ3) is 2.17. The fraction of sp³-hybridized carbons (Fsp3) is 0. The maximum atomic E-state index is 3.31. The Morgan fingerprint density at radius 3 is 1.75 bits per heavy atom. The summed E-state index contributed by atoms with van der Waals surface area (Å²) >= 11 is 3.31. The fourth-order valence-electron chi connectivity index (χ4n) is 0.415. The Bertz CT molecular complexity index is 138. The van der Waals surface area contributed by atoms with E-state index < -0.39 is 0 Å². The Morgan fingerprint density at radius 2 is 1.50 bits per heavy atom. The Morgan fingerprint density at radius 1 is 1.00 bits per heavy atom. The molecule has 0 amide bonds. The summed E-state index contributed by atoms with van der Waals surface area (Å²) in [7, 11) is 0. The van der Waals surface area contributed by atoms with Crippen molar-refractivity contribution in [1.29, 1.82) is 0 Å². The molecule has 0 aliphatic heterocycles. The van der Waals surface area contributed by atoms with Crippen LogP contribution in [0.5, 0.6) is 0 Å². The highest BCUT2D eigenvalue weighted by molar-refractivity contribution is 9.10. The van der Waals surface area contributed by atoms with Crippen molar-refractivity contribution in [2.75, 3.05) is 0 Å². The largest absolute Gasteiger partial charge is 0.0814 e. The number of benzene rings is 1. The van der Waals surface area contributed by atoms with Crippen LogP contribution in [0, 0.1) is 0 Å². The van der Waals surface area contributed by atoms with Crippen LogP contribution >= 0.6 is 15.9 Å². The average Bonchev–Trinajstić information content (AvgIpc) is 1.69. The molecule has 0 aromatic heterocycles. The van der Waals surface area contributed by atoms with Gasteiger partial charge in [0.2, 0.25) is 0 Å². The van der Waals surface area contributed by atoms with Gasteiger partial charge in [0.15, 0.2) is 0 Å². The highest BCUT2D eigenvalue weighted by Gasteiger charge is 1.74. The molecule has 0 spiro atoms. The first-order chi connectivity index (χ1) is 3.39. The van der Waals surface area contributed by atoms with Gasteiger partial charge >= 0.3 is 0 Å². The van der Waals surface area contributed by atoms with E-state index in [0.29, 0.717) is 0 Å². The van der Waals surface area contributed by atoms with Gasteiger partial charge in [-0.3, -0.25) is 0 Å². The maximum Gasteiger partial charge on any atom is 0.0814 e. The van der Waals surface area contributed by atoms with Crippen molar-refractivity contribution in [1.82, 2.24) is 0 Å². The molecule has 0 fully saturated rings. The predicted octanol–water partition coefficient (Wildman–Crippen LogP) is 1.27. The van der Waals surface area contributed by atoms with E-state index in [0.717, 1.165) is 4.47 Å². The second kappa shape index (κ2) is 3.73. The van der Waals surface area contributed by atoms with Gasteiger partial charge in [0.1, 0.15) is 0 Å². The Hall–Kier alpha value is -0.235. The predicted molar refractivity (Wildman–Crippen MR) is 44.1 cm³/mol. The molecule has 0 aliphatic rings. The zero-order valence-electron chi connectivity index (χ0n) is 3.76. The summed E-state index contributed by atoms with van der Waals surface area (Å²) in [4.78, 5) is 0. The van der Waals surface area contributed by atoms with Gasteiger partial charge in [-0.05, 0) is 12.1 Å². The highest BCUT2D eigenvalue weighted by atomic mass is 79.9. The van der Waals surface area contributed by atoms with Gasteiger partial charge in [-0.25, -0.2) is 0 Å². The number of hydrogen-bond acceptors (Lipinski definition) is 0. The summed E-state index contributed by atoms with van der Waals surface area (Å²) in [5.41, 5.74) is 0. The number of hydrogen-bond donors (Lipinski definition) is 0. The van der Waals surface area contributed by atoms with Crippen LogP contribution in [0.15, 0.2) is 34.8 Å². The minimum absolute atomic E-state index is 0. The molecule has 8 heavy (non-hydrogen) atoms. The van der Waals surface area contributed by atoms with Crippen LogP contribution in [0.1, 0.15) is 0 Å². The summed E-state index contributed by atoms with van der Waals surface area (Å²) < 4.78 is 1.13. The molecule has 0 atom stereocenters. The molecule has 0 aliphatic carbocycles. The quantitative estimate of drug-likeness (QED) is 0.515. The van der Waals surface area contributed by atoms with E-state index in [9.17, 15) is 0 Å². The second-order valence-corrected chi connectivity index (χ2v) is 2.21. The van der Waals surface area contributed by atoms with Gasteiger partial charge < -0.3 is 0 Å². The van der Waals surface area contributed by atoms with Gasteiger partial charge in [0.05, 0.1) is 8.41 Å². The summed E-state index contributed by atoms with van der Waals surface area (Å²) in [6.07, 6.45) is 0. The van der Waals surface area contributed by atoms with Gasteiger partial charge in [-0.2, -0.15) is 0 Å². The molecule has 1 rings (SSSR count). The van der Waals surface area contributed by atoms with Gasteiger partial charge in [0.25, 0.3) is 0 Å². The molecule has 1 aromatic rings. The molecule has 0 unspecified atom stereocenters. The van der Waals surface area contributed by atoms with E-state index in [1.807, 2.05) is 30.3 Å². The second-order valence-electron chi connectivity index (χ2n) is 1.30. The molecule has 2 heteroatoms. The van der Waals surface area contributed by atoms with Crippen molar-refractivity contribution in [3.05, 3.63) is 34.8 Å². The molecule has 0 saturated carbocycles. The van der Waals surface area contributed by atoms with Crippen molar-refractivity contribution < 1.29 is 0 Å². The minimum atomic E-state index is 0. The van der Waals surface area contributed by atoms with Crippen LogP contribution in [0.4, 0.5) is 0 Å². The lowest BCUT2D eigenvalue weighted by Crippen LogP contribution is -1.55. The van der Waals surface area contributed by atoms with Gasteiger partial charge in [-0.15, -0.1) is 0 Å². The Labute approximate surface area is 59.6 Å². The molecule has 0 bridgehead atoms. The normalized spacial score (nSPS) is 7.62. The SMILES string of the molecule is B.Brc1ccccc1. The average molecular weight is 171 g/mol. The highest BCUT2D eigenvalue weighted by Crippen LogP contribution is 2.05. The van der Waals surface area contributed by atoms with E-state index in [4.69, 9.17) is 0 Å². The van der Waals surface area contributed by atoms with Crippen molar-refractivity contribution in [2.45, 2.75) is 0 Å². The third-order valence-electron chi connectivity index (χ3n) is 0.733. The van der Waals surface area contributed by atoms with Crippen molar-refractivity contribution in [2.24, 2.45) is 0 Å². The van der Waals surface area contributed by atoms with Crippen LogP contribution in [-0.4, -0.2) is 8.41 Å². The van der Waals surface area contributed by atoms with E-state index in [2.05, 4.69) is 15.9 Å². The van der Waals surface area contributed by atoms with Crippen molar-refractivity contribution >= 4 is 24.3 Å². The number of rotatable bonds is 0. The standard InChI is InChI=1S/C6H5Br.BH3/c7-6-4-2-1-3-5-6;/h1-5H;1H3. The van der Waals surface area contributed by atoms with Crippen LogP contribution in [0.3, 0.4) is 0 Å². The summed E-state index contributed by atoms with van der Waals surface area (Å²) in [5.74, 6) is 0. The summed E-state index contributed by atoms with van der Waals surface area (Å²) in [6.45, 7) is 0. The molecule has 42 valence electrons. The molecule has 0 N–H and O–H groups in total. The van der Waals surface area contributed by atoms with Gasteiger partial charge in [0, 0.05) is 4.47 Å². The van der Waals surface area contributed by atoms with E-state index in [1.54, 1.807) is 0 Å². The smallest absolute Gasteiger partial charge is 0.0622 e. The molecule has 0 radical (unpaired) electrons. The van der Waals surface area contributed by atoms with Crippen molar-refractivity contribution in [3.63, 3.8) is 0 Å². The first-order valence-corrected chi connectivity index (χ1v) is 2.89. The maximum absolute atomic E-state index is 3.31. The molecule has 0 nitrogen and oxygen atoms in total. The lowest BCUT2D eigenvalue weighted by atomic mass is 10.4. The van der Waals surface area contributed by atoms with Crippen LogP contribution < -0.4 is 0 Å². The first kappa shape index (κ1) is 7.76. The molecule has 1 aromatic carbocycles. The topological polar surface area (TPSA) is 0 Å². The molecule has 0 saturated heterocycles. The van der Waals surface area contributed by atoms with Crippen molar-refractivity contribution in [3.8, 4) is 0 Å². The zero-order chi connectivity index (χ0) is 5.11. The summed E-state index contributed by atoms with van der Waals surface area (Å²) in [5, 5.41) is 0. The van der Waals surface area contributed by atoms with Crippen LogP contribution in [0.2, 0.25) is 0 Å². The Balaban J connectivity index is 0.000000490. The molecule has 0 heterocycles.